The van der Waals surface area contributed by atoms with Crippen LogP contribution in [0.2, 0.25) is 0 Å². The molecule has 2 aromatic rings. The van der Waals surface area contributed by atoms with Crippen molar-refractivity contribution < 1.29 is 19.2 Å². The van der Waals surface area contributed by atoms with Crippen molar-refractivity contribution in [2.24, 2.45) is 4.99 Å². The minimum atomic E-state index is -1.01. The van der Waals surface area contributed by atoms with Crippen molar-refractivity contribution in [3.05, 3.63) is 75.0 Å². The number of benzene rings is 2. The molecule has 33 heavy (non-hydrogen) atoms. The third kappa shape index (κ3) is 5.27. The standard InChI is InChI=1S/C23H23N5O5/c1-4-32-19-10-17(22-21(15(3)29)14(2)26-23(27-22)25-13-24)18(28(30)31)11-20(19)33-12-16-8-6-5-7-9-16/h5-11,22H,4,12H2,1-3H3,(H2,25,26,27)/t22-/m0/s1. The van der Waals surface area contributed by atoms with E-state index in [0.717, 1.165) is 5.56 Å². The van der Waals surface area contributed by atoms with Crippen LogP contribution in [-0.2, 0) is 11.4 Å². The lowest BCUT2D eigenvalue weighted by atomic mass is 9.92. The summed E-state index contributed by atoms with van der Waals surface area (Å²) in [7, 11) is 0. The molecule has 0 bridgehead atoms. The van der Waals surface area contributed by atoms with E-state index in [1.54, 1.807) is 20.0 Å². The van der Waals surface area contributed by atoms with Gasteiger partial charge < -0.3 is 14.8 Å². The van der Waals surface area contributed by atoms with Crippen molar-refractivity contribution in [1.29, 1.82) is 5.26 Å². The van der Waals surface area contributed by atoms with E-state index in [4.69, 9.17) is 14.7 Å². The number of ketones is 1. The van der Waals surface area contributed by atoms with Crippen LogP contribution >= 0.6 is 0 Å². The monoisotopic (exact) mass is 449 g/mol. The molecule has 0 unspecified atom stereocenters. The Morgan fingerprint density at radius 1 is 1.27 bits per heavy atom. The van der Waals surface area contributed by atoms with Gasteiger partial charge in [-0.15, -0.1) is 0 Å². The number of guanidine groups is 1. The van der Waals surface area contributed by atoms with Gasteiger partial charge in [-0.3, -0.25) is 20.2 Å². The number of nitrogens with zero attached hydrogens (tertiary/aromatic N) is 3. The molecule has 0 saturated heterocycles. The number of nitro benzene ring substituents is 1. The van der Waals surface area contributed by atoms with E-state index in [0.29, 0.717) is 12.3 Å². The largest absolute Gasteiger partial charge is 0.490 e. The molecule has 0 fully saturated rings. The third-order valence-corrected chi connectivity index (χ3v) is 4.92. The molecule has 1 heterocycles. The molecule has 0 radical (unpaired) electrons. The van der Waals surface area contributed by atoms with Crippen LogP contribution in [0.5, 0.6) is 11.5 Å². The Morgan fingerprint density at radius 3 is 2.58 bits per heavy atom. The molecule has 0 spiro atoms. The summed E-state index contributed by atoms with van der Waals surface area (Å²) in [5, 5.41) is 26.2. The highest BCUT2D eigenvalue weighted by Crippen LogP contribution is 2.42. The molecule has 2 N–H and O–H groups in total. The maximum absolute atomic E-state index is 12.4. The summed E-state index contributed by atoms with van der Waals surface area (Å²) < 4.78 is 11.6. The summed E-state index contributed by atoms with van der Waals surface area (Å²) in [5.74, 6) is 0.274. The predicted octanol–water partition coefficient (Wildman–Crippen LogP) is 3.51. The second-order valence-corrected chi connectivity index (χ2v) is 7.16. The summed E-state index contributed by atoms with van der Waals surface area (Å²) in [6.07, 6.45) is 1.76. The molecule has 0 aromatic heterocycles. The average molecular weight is 449 g/mol. The minimum Gasteiger partial charge on any atom is -0.490 e. The SMILES string of the molecule is CCOc1cc([C@@H]2N=C(NC#N)NC(C)=C2C(C)=O)c([N+](=O)[O-])cc1OCc1ccccc1. The number of rotatable bonds is 8. The van der Waals surface area contributed by atoms with Crippen LogP contribution in [-0.4, -0.2) is 23.3 Å². The van der Waals surface area contributed by atoms with E-state index in [9.17, 15) is 14.9 Å². The molecule has 2 aromatic carbocycles. The molecular formula is C23H23N5O5. The Hall–Kier alpha value is -4.39. The number of aliphatic imine (C=N–C) groups is 1. The second kappa shape index (κ2) is 10.3. The van der Waals surface area contributed by atoms with Crippen molar-refractivity contribution in [1.82, 2.24) is 10.6 Å². The predicted molar refractivity (Wildman–Crippen MR) is 120 cm³/mol. The zero-order valence-corrected chi connectivity index (χ0v) is 18.4. The number of Topliss-reactive ketones (excluding diaryl/α,β-unsaturated/α-hetero) is 1. The lowest BCUT2D eigenvalue weighted by Gasteiger charge is -2.25. The molecule has 1 aliphatic rings. The number of nitrogens with one attached hydrogen (secondary N) is 2. The topological polar surface area (TPSA) is 139 Å². The number of nitro groups is 1. The molecule has 0 aliphatic carbocycles. The van der Waals surface area contributed by atoms with Crippen molar-refractivity contribution in [2.45, 2.75) is 33.4 Å². The molecule has 0 saturated carbocycles. The van der Waals surface area contributed by atoms with Gasteiger partial charge >= 0.3 is 0 Å². The first kappa shape index (κ1) is 23.3. The van der Waals surface area contributed by atoms with Gasteiger partial charge in [-0.2, -0.15) is 5.26 Å². The van der Waals surface area contributed by atoms with Crippen LogP contribution in [0.1, 0.15) is 37.9 Å². The van der Waals surface area contributed by atoms with E-state index in [1.807, 2.05) is 30.3 Å². The van der Waals surface area contributed by atoms with Crippen LogP contribution in [0.3, 0.4) is 0 Å². The van der Waals surface area contributed by atoms with Crippen molar-refractivity contribution >= 4 is 17.4 Å². The molecule has 0 amide bonds. The lowest BCUT2D eigenvalue weighted by molar-refractivity contribution is -0.385. The smallest absolute Gasteiger partial charge is 0.279 e. The molecular weight excluding hydrogens is 426 g/mol. The Balaban J connectivity index is 2.12. The maximum atomic E-state index is 12.4. The maximum Gasteiger partial charge on any atom is 0.279 e. The van der Waals surface area contributed by atoms with Crippen LogP contribution in [0.25, 0.3) is 0 Å². The molecule has 1 aliphatic heterocycles. The summed E-state index contributed by atoms with van der Waals surface area (Å²) in [5.41, 5.74) is 1.46. The number of hydrogen-bond acceptors (Lipinski definition) is 9. The van der Waals surface area contributed by atoms with Gasteiger partial charge in [0.15, 0.2) is 23.5 Å². The number of carbonyl (C=O) groups is 1. The lowest BCUT2D eigenvalue weighted by Crippen LogP contribution is -2.38. The highest BCUT2D eigenvalue weighted by molar-refractivity contribution is 5.99. The van der Waals surface area contributed by atoms with Crippen LogP contribution in [0.15, 0.2) is 58.7 Å². The van der Waals surface area contributed by atoms with Gasteiger partial charge in [0.05, 0.1) is 23.2 Å². The molecule has 3 rings (SSSR count). The fourth-order valence-corrected chi connectivity index (χ4v) is 3.53. The van der Waals surface area contributed by atoms with Gasteiger partial charge in [-0.1, -0.05) is 30.3 Å². The number of allylic oxidation sites excluding steroid dienone is 1. The van der Waals surface area contributed by atoms with E-state index >= 15 is 0 Å². The van der Waals surface area contributed by atoms with E-state index in [1.165, 1.54) is 19.1 Å². The van der Waals surface area contributed by atoms with Crippen molar-refractivity contribution in [3.8, 4) is 17.7 Å². The summed E-state index contributed by atoms with van der Waals surface area (Å²) >= 11 is 0. The average Bonchev–Trinajstić information content (AvgIpc) is 2.78. The zero-order valence-electron chi connectivity index (χ0n) is 18.4. The van der Waals surface area contributed by atoms with Gasteiger partial charge in [0.1, 0.15) is 12.6 Å². The van der Waals surface area contributed by atoms with Crippen LogP contribution < -0.4 is 20.1 Å². The molecule has 10 nitrogen and oxygen atoms in total. The third-order valence-electron chi connectivity index (χ3n) is 4.92. The number of ether oxygens (including phenoxy) is 2. The highest BCUT2D eigenvalue weighted by Gasteiger charge is 2.34. The van der Waals surface area contributed by atoms with Gasteiger partial charge in [0.25, 0.3) is 5.69 Å². The van der Waals surface area contributed by atoms with Crippen LogP contribution in [0.4, 0.5) is 5.69 Å². The number of hydrogen-bond donors (Lipinski definition) is 2. The second-order valence-electron chi connectivity index (χ2n) is 7.16. The van der Waals surface area contributed by atoms with E-state index in [2.05, 4.69) is 15.6 Å². The van der Waals surface area contributed by atoms with Crippen LogP contribution in [0, 0.1) is 21.6 Å². The first-order valence-corrected chi connectivity index (χ1v) is 10.2. The van der Waals surface area contributed by atoms with Gasteiger partial charge in [0.2, 0.25) is 5.96 Å². The zero-order chi connectivity index (χ0) is 24.0. The van der Waals surface area contributed by atoms with E-state index < -0.39 is 11.0 Å². The fraction of sp³-hybridized carbons (Fsp3) is 0.261. The quantitative estimate of drug-likeness (QED) is 0.270. The first-order chi connectivity index (χ1) is 15.8. The minimum absolute atomic E-state index is 0.0849. The normalized spacial score (nSPS) is 15.1. The Kier molecular flexibility index (Phi) is 7.25. The first-order valence-electron chi connectivity index (χ1n) is 10.2. The number of carbonyl (C=O) groups excluding carboxylic acids is 1. The highest BCUT2D eigenvalue weighted by atomic mass is 16.6. The Bertz CT molecular complexity index is 1170. The van der Waals surface area contributed by atoms with E-state index in [-0.39, 0.29) is 46.7 Å². The molecule has 10 heteroatoms. The molecule has 170 valence electrons. The Morgan fingerprint density at radius 2 is 1.97 bits per heavy atom. The Labute approximate surface area is 190 Å². The van der Waals surface area contributed by atoms with Crippen molar-refractivity contribution in [2.75, 3.05) is 6.61 Å². The summed E-state index contributed by atoms with van der Waals surface area (Å²) in [6, 6.07) is 11.1. The number of nitriles is 1. The van der Waals surface area contributed by atoms with Crippen molar-refractivity contribution in [3.63, 3.8) is 0 Å². The fourth-order valence-electron chi connectivity index (χ4n) is 3.53. The van der Waals surface area contributed by atoms with Gasteiger partial charge in [-0.05, 0) is 32.4 Å². The van der Waals surface area contributed by atoms with Gasteiger partial charge in [0, 0.05) is 11.3 Å². The van der Waals surface area contributed by atoms with Gasteiger partial charge in [-0.25, -0.2) is 4.99 Å². The summed E-state index contributed by atoms with van der Waals surface area (Å²) in [6.45, 7) is 5.27. The molecule has 1 atom stereocenters. The summed E-state index contributed by atoms with van der Waals surface area (Å²) in [4.78, 5) is 28.2.